The molecule has 0 radical (unpaired) electrons. The molecule has 2 rings (SSSR count). The summed E-state index contributed by atoms with van der Waals surface area (Å²) in [5.74, 6) is 0. The molecule has 2 N–H and O–H groups in total. The number of aromatic nitrogens is 3. The number of anilines is 1. The van der Waals surface area contributed by atoms with E-state index >= 15 is 0 Å². The average molecular weight is 204 g/mol. The summed E-state index contributed by atoms with van der Waals surface area (Å²) in [5.41, 5.74) is 2.33. The maximum Gasteiger partial charge on any atom is 0.0726 e. The molecule has 0 spiro atoms. The van der Waals surface area contributed by atoms with Crippen LogP contribution in [0.3, 0.4) is 0 Å². The molecular weight excluding hydrogens is 188 g/mol. The fraction of sp³-hybridized carbons (Fsp3) is 0.364. The highest BCUT2D eigenvalue weighted by Gasteiger charge is 1.99. The van der Waals surface area contributed by atoms with Crippen LogP contribution in [0.15, 0.2) is 30.7 Å². The van der Waals surface area contributed by atoms with Gasteiger partial charge in [0.15, 0.2) is 0 Å². The first-order chi connectivity index (χ1) is 7.40. The van der Waals surface area contributed by atoms with Crippen LogP contribution in [0.4, 0.5) is 5.69 Å². The quantitative estimate of drug-likeness (QED) is 0.784. The molecule has 0 saturated carbocycles. The van der Waals surface area contributed by atoms with Gasteiger partial charge in [-0.25, -0.2) is 0 Å². The molecule has 0 bridgehead atoms. The van der Waals surface area contributed by atoms with E-state index in [0.717, 1.165) is 25.2 Å². The summed E-state index contributed by atoms with van der Waals surface area (Å²) in [6, 6.07) is 4.23. The molecule has 2 aromatic rings. The van der Waals surface area contributed by atoms with Crippen molar-refractivity contribution < 1.29 is 0 Å². The largest absolute Gasteiger partial charge is 0.377 e. The van der Waals surface area contributed by atoms with E-state index in [-0.39, 0.29) is 0 Å². The topological polar surface area (TPSA) is 45.6 Å². The van der Waals surface area contributed by atoms with Crippen LogP contribution < -0.4 is 5.32 Å². The van der Waals surface area contributed by atoms with Gasteiger partial charge >= 0.3 is 0 Å². The molecule has 0 atom stereocenters. The third-order valence-electron chi connectivity index (χ3n) is 2.36. The van der Waals surface area contributed by atoms with E-state index in [9.17, 15) is 0 Å². The second-order valence-corrected chi connectivity index (χ2v) is 3.53. The van der Waals surface area contributed by atoms with Gasteiger partial charge < -0.3 is 9.88 Å². The van der Waals surface area contributed by atoms with Crippen LogP contribution >= 0.6 is 0 Å². The molecule has 80 valence electrons. The lowest BCUT2D eigenvalue weighted by molar-refractivity contribution is 0.654. The molecule has 0 aliphatic heterocycles. The van der Waals surface area contributed by atoms with E-state index in [0.29, 0.717) is 0 Å². The maximum atomic E-state index is 3.89. The Morgan fingerprint density at radius 3 is 3.20 bits per heavy atom. The summed E-state index contributed by atoms with van der Waals surface area (Å²) in [5, 5.41) is 9.98. The number of aromatic amines is 1. The molecule has 0 saturated heterocycles. The molecule has 2 aromatic heterocycles. The lowest BCUT2D eigenvalue weighted by Crippen LogP contribution is -2.06. The van der Waals surface area contributed by atoms with Crippen molar-refractivity contribution >= 4 is 5.69 Å². The van der Waals surface area contributed by atoms with Crippen molar-refractivity contribution in [3.05, 3.63) is 36.4 Å². The third kappa shape index (κ3) is 2.40. The highest BCUT2D eigenvalue weighted by Crippen LogP contribution is 2.08. The second kappa shape index (κ2) is 4.68. The fourth-order valence-electron chi connectivity index (χ4n) is 1.61. The van der Waals surface area contributed by atoms with E-state index in [1.807, 2.05) is 6.20 Å². The van der Waals surface area contributed by atoms with Gasteiger partial charge in [-0.05, 0) is 18.6 Å². The Kier molecular flexibility index (Phi) is 3.07. The van der Waals surface area contributed by atoms with Gasteiger partial charge in [0.1, 0.15) is 0 Å². The van der Waals surface area contributed by atoms with E-state index in [4.69, 9.17) is 0 Å². The summed E-state index contributed by atoms with van der Waals surface area (Å²) in [6.07, 6.45) is 6.92. The van der Waals surface area contributed by atoms with Gasteiger partial charge in [-0.1, -0.05) is 6.92 Å². The predicted octanol–water partition coefficient (Wildman–Crippen LogP) is 2.23. The minimum absolute atomic E-state index is 0.840. The molecule has 0 aliphatic carbocycles. The van der Waals surface area contributed by atoms with Gasteiger partial charge in [-0.3, -0.25) is 5.10 Å². The third-order valence-corrected chi connectivity index (χ3v) is 2.36. The summed E-state index contributed by atoms with van der Waals surface area (Å²) >= 11 is 0. The Morgan fingerprint density at radius 1 is 1.53 bits per heavy atom. The molecule has 4 nitrogen and oxygen atoms in total. The molecule has 0 amide bonds. The first-order valence-electron chi connectivity index (χ1n) is 5.27. The fourth-order valence-corrected chi connectivity index (χ4v) is 1.61. The first kappa shape index (κ1) is 9.83. The van der Waals surface area contributed by atoms with Crippen LogP contribution in [0, 0.1) is 0 Å². The number of nitrogens with zero attached hydrogens (tertiary/aromatic N) is 2. The van der Waals surface area contributed by atoms with Crippen molar-refractivity contribution in [2.75, 3.05) is 5.32 Å². The van der Waals surface area contributed by atoms with Crippen LogP contribution in [-0.4, -0.2) is 14.8 Å². The molecule has 0 aromatic carbocycles. The molecular formula is C11H16N4. The Balaban J connectivity index is 1.95. The van der Waals surface area contributed by atoms with Crippen LogP contribution in [-0.2, 0) is 13.1 Å². The molecule has 0 fully saturated rings. The number of hydrogen-bond donors (Lipinski definition) is 2. The van der Waals surface area contributed by atoms with Gasteiger partial charge in [-0.15, -0.1) is 0 Å². The summed E-state index contributed by atoms with van der Waals surface area (Å²) in [4.78, 5) is 0. The lowest BCUT2D eigenvalue weighted by Gasteiger charge is -2.08. The van der Waals surface area contributed by atoms with Gasteiger partial charge in [0.05, 0.1) is 18.4 Å². The number of aryl methyl sites for hydroxylation is 1. The zero-order valence-electron chi connectivity index (χ0n) is 8.90. The van der Waals surface area contributed by atoms with Crippen LogP contribution in [0.25, 0.3) is 0 Å². The van der Waals surface area contributed by atoms with Crippen LogP contribution in [0.2, 0.25) is 0 Å². The van der Waals surface area contributed by atoms with E-state index in [2.05, 4.69) is 45.3 Å². The second-order valence-electron chi connectivity index (χ2n) is 3.53. The van der Waals surface area contributed by atoms with E-state index < -0.39 is 0 Å². The van der Waals surface area contributed by atoms with Crippen molar-refractivity contribution in [3.63, 3.8) is 0 Å². The van der Waals surface area contributed by atoms with E-state index in [1.165, 1.54) is 5.69 Å². The van der Waals surface area contributed by atoms with Crippen LogP contribution in [0.5, 0.6) is 0 Å². The number of nitrogens with one attached hydrogen (secondary N) is 2. The highest BCUT2D eigenvalue weighted by atomic mass is 15.1. The monoisotopic (exact) mass is 204 g/mol. The van der Waals surface area contributed by atoms with Gasteiger partial charge in [0.25, 0.3) is 0 Å². The summed E-state index contributed by atoms with van der Waals surface area (Å²) < 4.78 is 2.27. The average Bonchev–Trinajstić information content (AvgIpc) is 2.85. The zero-order valence-corrected chi connectivity index (χ0v) is 8.90. The van der Waals surface area contributed by atoms with Crippen molar-refractivity contribution in [2.24, 2.45) is 0 Å². The van der Waals surface area contributed by atoms with Crippen molar-refractivity contribution in [3.8, 4) is 0 Å². The SMILES string of the molecule is CCCn1cccc1CNc1cn[nH]c1. The number of rotatable bonds is 5. The smallest absolute Gasteiger partial charge is 0.0726 e. The minimum atomic E-state index is 0.840. The van der Waals surface area contributed by atoms with Crippen LogP contribution in [0.1, 0.15) is 19.0 Å². The van der Waals surface area contributed by atoms with Crippen molar-refractivity contribution in [1.29, 1.82) is 0 Å². The normalized spacial score (nSPS) is 10.5. The van der Waals surface area contributed by atoms with Gasteiger partial charge in [0.2, 0.25) is 0 Å². The number of H-pyrrole nitrogens is 1. The first-order valence-corrected chi connectivity index (χ1v) is 5.27. The summed E-state index contributed by atoms with van der Waals surface area (Å²) in [6.45, 7) is 4.11. The predicted molar refractivity (Wildman–Crippen MR) is 60.6 cm³/mol. The molecule has 15 heavy (non-hydrogen) atoms. The zero-order chi connectivity index (χ0) is 10.5. The maximum absolute atomic E-state index is 3.89. The van der Waals surface area contributed by atoms with Crippen molar-refractivity contribution in [1.82, 2.24) is 14.8 Å². The van der Waals surface area contributed by atoms with Crippen molar-refractivity contribution in [2.45, 2.75) is 26.4 Å². The van der Waals surface area contributed by atoms with Gasteiger partial charge in [-0.2, -0.15) is 5.10 Å². The Morgan fingerprint density at radius 2 is 2.47 bits per heavy atom. The molecule has 4 heteroatoms. The van der Waals surface area contributed by atoms with E-state index in [1.54, 1.807) is 6.20 Å². The molecule has 0 aliphatic rings. The Hall–Kier alpha value is -1.71. The Bertz CT molecular complexity index is 388. The standard InChI is InChI=1S/C11H16N4/c1-2-5-15-6-3-4-11(15)9-12-10-7-13-14-8-10/h3-4,6-8,12H,2,5,9H2,1H3,(H,13,14). The van der Waals surface area contributed by atoms with Gasteiger partial charge in [0, 0.05) is 24.6 Å². The minimum Gasteiger partial charge on any atom is -0.377 e. The number of hydrogen-bond acceptors (Lipinski definition) is 2. The Labute approximate surface area is 89.3 Å². The summed E-state index contributed by atoms with van der Waals surface area (Å²) in [7, 11) is 0. The molecule has 0 unspecified atom stereocenters. The lowest BCUT2D eigenvalue weighted by atomic mass is 10.4. The molecule has 2 heterocycles. The highest BCUT2D eigenvalue weighted by molar-refractivity contribution is 5.37.